The fraction of sp³-hybridized carbons (Fsp3) is 0.500. The van der Waals surface area contributed by atoms with E-state index in [2.05, 4.69) is 5.32 Å². The maximum absolute atomic E-state index is 11.9. The fourth-order valence-corrected chi connectivity index (χ4v) is 2.95. The number of rotatable bonds is 0. The summed E-state index contributed by atoms with van der Waals surface area (Å²) in [7, 11) is 1.62. The summed E-state index contributed by atoms with van der Waals surface area (Å²) in [6.07, 6.45) is 1.31. The zero-order valence-corrected chi connectivity index (χ0v) is 12.8. The minimum absolute atomic E-state index is 0.0764. The number of likely N-dealkylation sites (tertiary alicyclic amines) is 1. The van der Waals surface area contributed by atoms with Gasteiger partial charge in [0.1, 0.15) is 5.60 Å². The van der Waals surface area contributed by atoms with E-state index in [1.54, 1.807) is 18.0 Å². The van der Waals surface area contributed by atoms with Crippen LogP contribution in [-0.4, -0.2) is 37.0 Å². The van der Waals surface area contributed by atoms with Crippen LogP contribution in [0.1, 0.15) is 42.6 Å². The van der Waals surface area contributed by atoms with Crippen LogP contribution in [0.4, 0.5) is 4.79 Å². The summed E-state index contributed by atoms with van der Waals surface area (Å²) in [5.41, 5.74) is 1.10. The number of amides is 2. The number of hydrogen-bond acceptors (Lipinski definition) is 3. The molecule has 1 saturated heterocycles. The smallest absolute Gasteiger partial charge is 0.339 e. The molecule has 0 bridgehead atoms. The number of hydrogen-bond donors (Lipinski definition) is 1. The molecule has 5 nitrogen and oxygen atoms in total. The monoisotopic (exact) mass is 290 g/mol. The third-order valence-electron chi connectivity index (χ3n) is 4.00. The summed E-state index contributed by atoms with van der Waals surface area (Å²) in [5, 5.41) is 2.62. The van der Waals surface area contributed by atoms with Gasteiger partial charge in [-0.25, -0.2) is 9.59 Å². The maximum Gasteiger partial charge on any atom is 0.339 e. The van der Waals surface area contributed by atoms with E-state index in [4.69, 9.17) is 4.74 Å². The van der Waals surface area contributed by atoms with Crippen molar-refractivity contribution in [2.75, 3.05) is 20.1 Å². The van der Waals surface area contributed by atoms with E-state index >= 15 is 0 Å². The third kappa shape index (κ3) is 2.60. The Morgan fingerprint density at radius 3 is 2.48 bits per heavy atom. The zero-order chi connectivity index (χ0) is 15.5. The molecule has 0 unspecified atom stereocenters. The highest BCUT2D eigenvalue weighted by molar-refractivity contribution is 5.94. The second-order valence-corrected chi connectivity index (χ2v) is 4.97. The molecule has 2 aliphatic rings. The Bertz CT molecular complexity index is 534. The number of carbonyl (C=O) groups excluding carboxylic acids is 2. The molecule has 0 aliphatic carbocycles. The van der Waals surface area contributed by atoms with Crippen molar-refractivity contribution in [3.05, 3.63) is 35.4 Å². The summed E-state index contributed by atoms with van der Waals surface area (Å²) < 4.78 is 5.62. The van der Waals surface area contributed by atoms with Gasteiger partial charge in [0.25, 0.3) is 0 Å². The highest BCUT2D eigenvalue weighted by Gasteiger charge is 2.47. The van der Waals surface area contributed by atoms with E-state index < -0.39 is 5.60 Å². The standard InChI is InChI=1S/C14H16N2O3.C2H6/c1-15-13(18)16-8-6-14(7-9-16)11-5-3-2-4-10(11)12(17)19-14;1-2/h2-5H,6-9H2,1H3,(H,15,18);1-2H3. The van der Waals surface area contributed by atoms with Crippen molar-refractivity contribution in [1.82, 2.24) is 10.2 Å². The lowest BCUT2D eigenvalue weighted by Crippen LogP contribution is -2.48. The summed E-state index contributed by atoms with van der Waals surface area (Å²) in [5.74, 6) is -0.246. The topological polar surface area (TPSA) is 58.6 Å². The number of piperidine rings is 1. The Balaban J connectivity index is 0.000000774. The molecular weight excluding hydrogens is 268 g/mol. The Morgan fingerprint density at radius 1 is 1.24 bits per heavy atom. The second kappa shape index (κ2) is 6.16. The number of fused-ring (bicyclic) bond motifs is 2. The molecule has 0 aromatic heterocycles. The molecule has 1 aromatic carbocycles. The van der Waals surface area contributed by atoms with Crippen LogP contribution in [0.15, 0.2) is 24.3 Å². The summed E-state index contributed by atoms with van der Waals surface area (Å²) in [6.45, 7) is 5.20. The Hall–Kier alpha value is -2.04. The molecule has 2 amide bonds. The van der Waals surface area contributed by atoms with Gasteiger partial charge in [0.05, 0.1) is 5.56 Å². The van der Waals surface area contributed by atoms with Gasteiger partial charge in [-0.3, -0.25) is 0 Å². The van der Waals surface area contributed by atoms with Crippen LogP contribution in [0.5, 0.6) is 0 Å². The molecule has 114 valence electrons. The van der Waals surface area contributed by atoms with Crippen molar-refractivity contribution in [2.24, 2.45) is 0 Å². The fourth-order valence-electron chi connectivity index (χ4n) is 2.95. The van der Waals surface area contributed by atoms with E-state index in [1.807, 2.05) is 32.0 Å². The zero-order valence-electron chi connectivity index (χ0n) is 12.8. The minimum atomic E-state index is -0.530. The highest BCUT2D eigenvalue weighted by atomic mass is 16.6. The molecule has 21 heavy (non-hydrogen) atoms. The summed E-state index contributed by atoms with van der Waals surface area (Å²) in [6, 6.07) is 7.45. The number of ether oxygens (including phenoxy) is 1. The van der Waals surface area contributed by atoms with Crippen LogP contribution in [0, 0.1) is 0 Å². The first-order valence-corrected chi connectivity index (χ1v) is 7.46. The first-order chi connectivity index (χ1) is 10.2. The molecule has 1 N–H and O–H groups in total. The van der Waals surface area contributed by atoms with E-state index in [9.17, 15) is 9.59 Å². The third-order valence-corrected chi connectivity index (χ3v) is 4.00. The predicted octanol–water partition coefficient (Wildman–Crippen LogP) is 2.51. The number of nitrogens with one attached hydrogen (secondary N) is 1. The molecule has 1 fully saturated rings. The normalized spacial score (nSPS) is 18.4. The first kappa shape index (κ1) is 15.4. The van der Waals surface area contributed by atoms with Crippen LogP contribution >= 0.6 is 0 Å². The lowest BCUT2D eigenvalue weighted by molar-refractivity contribution is -0.0368. The molecule has 1 spiro atoms. The number of nitrogens with zero attached hydrogens (tertiary/aromatic N) is 1. The molecule has 2 aliphatic heterocycles. The van der Waals surface area contributed by atoms with Crippen molar-refractivity contribution >= 4 is 12.0 Å². The predicted molar refractivity (Wildman–Crippen MR) is 80.1 cm³/mol. The summed E-state index contributed by atoms with van der Waals surface area (Å²) >= 11 is 0. The first-order valence-electron chi connectivity index (χ1n) is 7.46. The van der Waals surface area contributed by atoms with E-state index in [-0.39, 0.29) is 12.0 Å². The average Bonchev–Trinajstić information content (AvgIpc) is 2.82. The van der Waals surface area contributed by atoms with Gasteiger partial charge in [0.15, 0.2) is 0 Å². The molecule has 0 atom stereocenters. The molecule has 5 heteroatoms. The Morgan fingerprint density at radius 2 is 1.86 bits per heavy atom. The number of esters is 1. The van der Waals surface area contributed by atoms with Crippen LogP contribution in [-0.2, 0) is 10.3 Å². The average molecular weight is 290 g/mol. The van der Waals surface area contributed by atoms with Crippen LogP contribution in [0.3, 0.4) is 0 Å². The maximum atomic E-state index is 11.9. The van der Waals surface area contributed by atoms with Gasteiger partial charge in [-0.05, 0) is 6.07 Å². The quantitative estimate of drug-likeness (QED) is 0.747. The van der Waals surface area contributed by atoms with Crippen molar-refractivity contribution in [3.63, 3.8) is 0 Å². The van der Waals surface area contributed by atoms with Crippen molar-refractivity contribution in [2.45, 2.75) is 32.3 Å². The van der Waals surface area contributed by atoms with Gasteiger partial charge in [0, 0.05) is 38.5 Å². The van der Waals surface area contributed by atoms with Gasteiger partial charge in [-0.15, -0.1) is 0 Å². The van der Waals surface area contributed by atoms with Gasteiger partial charge in [-0.1, -0.05) is 32.0 Å². The lowest BCUT2D eigenvalue weighted by Gasteiger charge is -2.38. The lowest BCUT2D eigenvalue weighted by atomic mass is 9.84. The van der Waals surface area contributed by atoms with E-state index in [0.717, 1.165) is 5.56 Å². The molecule has 3 rings (SSSR count). The van der Waals surface area contributed by atoms with E-state index in [0.29, 0.717) is 31.5 Å². The van der Waals surface area contributed by atoms with E-state index in [1.165, 1.54) is 0 Å². The van der Waals surface area contributed by atoms with Crippen LogP contribution in [0.2, 0.25) is 0 Å². The molecular formula is C16H22N2O3. The van der Waals surface area contributed by atoms with Gasteiger partial charge < -0.3 is 15.0 Å². The molecule has 1 aromatic rings. The second-order valence-electron chi connectivity index (χ2n) is 4.97. The molecule has 0 saturated carbocycles. The number of carbonyl (C=O) groups is 2. The van der Waals surface area contributed by atoms with Crippen LogP contribution in [0.25, 0.3) is 0 Å². The SMILES string of the molecule is CC.CNC(=O)N1CCC2(CC1)OC(=O)c1ccccc12. The van der Waals surface area contributed by atoms with Crippen molar-refractivity contribution < 1.29 is 14.3 Å². The van der Waals surface area contributed by atoms with Crippen LogP contribution < -0.4 is 5.32 Å². The largest absolute Gasteiger partial charge is 0.450 e. The Labute approximate surface area is 125 Å². The molecule has 0 radical (unpaired) electrons. The molecule has 2 heterocycles. The minimum Gasteiger partial charge on any atom is -0.450 e. The number of urea groups is 1. The van der Waals surface area contributed by atoms with Gasteiger partial charge in [-0.2, -0.15) is 0 Å². The van der Waals surface area contributed by atoms with Crippen molar-refractivity contribution in [3.8, 4) is 0 Å². The van der Waals surface area contributed by atoms with Crippen molar-refractivity contribution in [1.29, 1.82) is 0 Å². The summed E-state index contributed by atoms with van der Waals surface area (Å²) in [4.78, 5) is 25.2. The Kier molecular flexibility index (Phi) is 4.50. The number of benzene rings is 1. The van der Waals surface area contributed by atoms with Gasteiger partial charge in [0.2, 0.25) is 0 Å². The highest BCUT2D eigenvalue weighted by Crippen LogP contribution is 2.43. The van der Waals surface area contributed by atoms with Gasteiger partial charge >= 0.3 is 12.0 Å².